The number of hydrogen-bond acceptors (Lipinski definition) is 3. The minimum absolute atomic E-state index is 0.0628. The second kappa shape index (κ2) is 5.46. The molecule has 18 heavy (non-hydrogen) atoms. The SMILES string of the molecule is Fc1cc(Cl)ccc1CNc1nc(Cl)ncc1F. The van der Waals surface area contributed by atoms with Gasteiger partial charge >= 0.3 is 0 Å². The minimum Gasteiger partial charge on any atom is -0.363 e. The Labute approximate surface area is 112 Å². The molecular formula is C11H7Cl2F2N3. The molecule has 0 aliphatic carbocycles. The van der Waals surface area contributed by atoms with Crippen molar-refractivity contribution in [3.05, 3.63) is 51.9 Å². The monoisotopic (exact) mass is 289 g/mol. The number of halogens is 4. The molecule has 0 aliphatic heterocycles. The number of rotatable bonds is 3. The maximum atomic E-state index is 13.5. The van der Waals surface area contributed by atoms with Gasteiger partial charge in [-0.15, -0.1) is 0 Å². The first-order valence-corrected chi connectivity index (χ1v) is 5.67. The molecule has 7 heteroatoms. The zero-order valence-corrected chi connectivity index (χ0v) is 10.4. The summed E-state index contributed by atoms with van der Waals surface area (Å²) in [5.74, 6) is -1.21. The molecule has 3 nitrogen and oxygen atoms in total. The van der Waals surface area contributed by atoms with Crippen LogP contribution in [0.2, 0.25) is 10.3 Å². The first-order valence-electron chi connectivity index (χ1n) is 4.92. The Bertz CT molecular complexity index is 578. The third-order valence-corrected chi connectivity index (χ3v) is 2.59. The summed E-state index contributed by atoms with van der Waals surface area (Å²) >= 11 is 11.2. The van der Waals surface area contributed by atoms with Gasteiger partial charge in [-0.25, -0.2) is 13.8 Å². The van der Waals surface area contributed by atoms with Gasteiger partial charge in [0, 0.05) is 17.1 Å². The van der Waals surface area contributed by atoms with Crippen LogP contribution >= 0.6 is 23.2 Å². The first-order chi connectivity index (χ1) is 8.56. The number of benzene rings is 1. The Morgan fingerprint density at radius 2 is 1.94 bits per heavy atom. The van der Waals surface area contributed by atoms with Gasteiger partial charge in [-0.1, -0.05) is 17.7 Å². The third kappa shape index (κ3) is 3.05. The Balaban J connectivity index is 2.13. The van der Waals surface area contributed by atoms with Crippen molar-refractivity contribution in [2.45, 2.75) is 6.54 Å². The van der Waals surface area contributed by atoms with E-state index in [4.69, 9.17) is 23.2 Å². The molecule has 1 aromatic heterocycles. The molecule has 0 unspecified atom stereocenters. The summed E-state index contributed by atoms with van der Waals surface area (Å²) < 4.78 is 26.7. The van der Waals surface area contributed by atoms with E-state index in [-0.39, 0.29) is 17.6 Å². The zero-order chi connectivity index (χ0) is 13.1. The van der Waals surface area contributed by atoms with Crippen molar-refractivity contribution in [2.75, 3.05) is 5.32 Å². The number of aromatic nitrogens is 2. The molecule has 0 saturated carbocycles. The molecule has 2 rings (SSSR count). The summed E-state index contributed by atoms with van der Waals surface area (Å²) in [7, 11) is 0. The molecule has 0 atom stereocenters. The number of nitrogens with zero attached hydrogens (tertiary/aromatic N) is 2. The fourth-order valence-electron chi connectivity index (χ4n) is 1.31. The molecule has 1 N–H and O–H groups in total. The van der Waals surface area contributed by atoms with Crippen molar-refractivity contribution in [3.8, 4) is 0 Å². The fraction of sp³-hybridized carbons (Fsp3) is 0.0909. The quantitative estimate of drug-likeness (QED) is 0.876. The smallest absolute Gasteiger partial charge is 0.224 e. The van der Waals surface area contributed by atoms with Crippen molar-refractivity contribution in [3.63, 3.8) is 0 Å². The molecule has 2 aromatic rings. The summed E-state index contributed by atoms with van der Waals surface area (Å²) in [5.41, 5.74) is 0.341. The van der Waals surface area contributed by atoms with E-state index >= 15 is 0 Å². The Kier molecular flexibility index (Phi) is 3.93. The lowest BCUT2D eigenvalue weighted by atomic mass is 10.2. The van der Waals surface area contributed by atoms with E-state index < -0.39 is 11.6 Å². The van der Waals surface area contributed by atoms with E-state index in [2.05, 4.69) is 15.3 Å². The molecule has 0 bridgehead atoms. The van der Waals surface area contributed by atoms with Crippen LogP contribution in [0.4, 0.5) is 14.6 Å². The molecule has 0 fully saturated rings. The third-order valence-electron chi connectivity index (χ3n) is 2.18. The van der Waals surface area contributed by atoms with E-state index in [9.17, 15) is 8.78 Å². The van der Waals surface area contributed by atoms with E-state index in [0.717, 1.165) is 6.20 Å². The van der Waals surface area contributed by atoms with Gasteiger partial charge in [-0.3, -0.25) is 0 Å². The molecule has 0 saturated heterocycles. The summed E-state index contributed by atoms with van der Waals surface area (Å²) in [4.78, 5) is 7.13. The number of hydrogen-bond donors (Lipinski definition) is 1. The van der Waals surface area contributed by atoms with Crippen LogP contribution in [0.5, 0.6) is 0 Å². The lowest BCUT2D eigenvalue weighted by molar-refractivity contribution is 0.606. The first kappa shape index (κ1) is 13.0. The van der Waals surface area contributed by atoms with Crippen LogP contribution in [0.25, 0.3) is 0 Å². The van der Waals surface area contributed by atoms with Crippen molar-refractivity contribution in [1.29, 1.82) is 0 Å². The summed E-state index contributed by atoms with van der Waals surface area (Å²) in [6.07, 6.45) is 0.940. The highest BCUT2D eigenvalue weighted by Crippen LogP contribution is 2.17. The molecule has 0 spiro atoms. The second-order valence-electron chi connectivity index (χ2n) is 3.42. The highest BCUT2D eigenvalue weighted by atomic mass is 35.5. The Morgan fingerprint density at radius 3 is 2.67 bits per heavy atom. The molecular weight excluding hydrogens is 283 g/mol. The predicted octanol–water partition coefficient (Wildman–Crippen LogP) is 3.67. The van der Waals surface area contributed by atoms with Gasteiger partial charge in [0.25, 0.3) is 0 Å². The lowest BCUT2D eigenvalue weighted by Gasteiger charge is -2.07. The molecule has 0 aliphatic rings. The maximum Gasteiger partial charge on any atom is 0.224 e. The zero-order valence-electron chi connectivity index (χ0n) is 8.92. The summed E-state index contributed by atoms with van der Waals surface area (Å²) in [5, 5.41) is 2.85. The van der Waals surface area contributed by atoms with Gasteiger partial charge in [0.1, 0.15) is 5.82 Å². The van der Waals surface area contributed by atoms with E-state index in [0.29, 0.717) is 10.6 Å². The molecule has 1 heterocycles. The van der Waals surface area contributed by atoms with Crippen LogP contribution in [0.1, 0.15) is 5.56 Å². The van der Waals surface area contributed by atoms with Gasteiger partial charge in [-0.2, -0.15) is 4.98 Å². The largest absolute Gasteiger partial charge is 0.363 e. The average molecular weight is 290 g/mol. The molecule has 0 radical (unpaired) electrons. The summed E-state index contributed by atoms with van der Waals surface area (Å²) in [6, 6.07) is 4.23. The summed E-state index contributed by atoms with van der Waals surface area (Å²) in [6.45, 7) is 0.0628. The highest BCUT2D eigenvalue weighted by molar-refractivity contribution is 6.30. The standard InChI is InChI=1S/C11H7Cl2F2N3/c12-7-2-1-6(8(14)3-7)4-16-10-9(15)5-17-11(13)18-10/h1-3,5H,4H2,(H,16,17,18). The number of anilines is 1. The lowest BCUT2D eigenvalue weighted by Crippen LogP contribution is -2.06. The minimum atomic E-state index is -0.659. The Hall–Kier alpha value is -1.46. The van der Waals surface area contributed by atoms with Crippen molar-refractivity contribution in [1.82, 2.24) is 9.97 Å². The Morgan fingerprint density at radius 1 is 1.17 bits per heavy atom. The van der Waals surface area contributed by atoms with Crippen LogP contribution < -0.4 is 5.32 Å². The van der Waals surface area contributed by atoms with Crippen LogP contribution in [0, 0.1) is 11.6 Å². The second-order valence-corrected chi connectivity index (χ2v) is 4.20. The van der Waals surface area contributed by atoms with Gasteiger partial charge in [0.2, 0.25) is 5.28 Å². The molecule has 94 valence electrons. The maximum absolute atomic E-state index is 13.5. The van der Waals surface area contributed by atoms with E-state index in [1.807, 2.05) is 0 Å². The predicted molar refractivity (Wildman–Crippen MR) is 65.7 cm³/mol. The van der Waals surface area contributed by atoms with Gasteiger partial charge in [-0.05, 0) is 23.7 Å². The molecule has 1 aromatic carbocycles. The van der Waals surface area contributed by atoms with Gasteiger partial charge in [0.05, 0.1) is 6.20 Å². The van der Waals surface area contributed by atoms with Crippen LogP contribution in [-0.4, -0.2) is 9.97 Å². The van der Waals surface area contributed by atoms with Crippen LogP contribution in [-0.2, 0) is 6.54 Å². The average Bonchev–Trinajstić information content (AvgIpc) is 2.32. The van der Waals surface area contributed by atoms with Crippen LogP contribution in [0.3, 0.4) is 0 Å². The van der Waals surface area contributed by atoms with Crippen LogP contribution in [0.15, 0.2) is 24.4 Å². The van der Waals surface area contributed by atoms with Crippen molar-refractivity contribution < 1.29 is 8.78 Å². The van der Waals surface area contributed by atoms with Crippen molar-refractivity contribution in [2.24, 2.45) is 0 Å². The van der Waals surface area contributed by atoms with Gasteiger partial charge in [0.15, 0.2) is 11.6 Å². The topological polar surface area (TPSA) is 37.8 Å². The highest BCUT2D eigenvalue weighted by Gasteiger charge is 2.07. The van der Waals surface area contributed by atoms with Gasteiger partial charge < -0.3 is 5.32 Å². The fourth-order valence-corrected chi connectivity index (χ4v) is 1.61. The number of nitrogens with one attached hydrogen (secondary N) is 1. The van der Waals surface area contributed by atoms with E-state index in [1.165, 1.54) is 12.1 Å². The normalized spacial score (nSPS) is 10.4. The molecule has 0 amide bonds. The van der Waals surface area contributed by atoms with Crippen molar-refractivity contribution >= 4 is 29.0 Å². The van der Waals surface area contributed by atoms with E-state index in [1.54, 1.807) is 6.07 Å².